The summed E-state index contributed by atoms with van der Waals surface area (Å²) in [4.78, 5) is 0. The van der Waals surface area contributed by atoms with E-state index >= 15 is 0 Å². The van der Waals surface area contributed by atoms with Crippen molar-refractivity contribution >= 4 is 23.2 Å². The Hall–Kier alpha value is -1.22. The summed E-state index contributed by atoms with van der Waals surface area (Å²) in [6, 6.07) is 12.2. The van der Waals surface area contributed by atoms with Crippen molar-refractivity contribution < 1.29 is 4.74 Å². The number of ether oxygens (including phenoxy) is 1. The van der Waals surface area contributed by atoms with Crippen molar-refractivity contribution in [3.05, 3.63) is 52.0 Å². The highest BCUT2D eigenvalue weighted by atomic mass is 35.5. The lowest BCUT2D eigenvalue weighted by Crippen LogP contribution is -2.11. The molecule has 20 heavy (non-hydrogen) atoms. The van der Waals surface area contributed by atoms with Crippen LogP contribution in [-0.2, 0) is 0 Å². The van der Waals surface area contributed by atoms with E-state index in [2.05, 4.69) is 24.4 Å². The zero-order valence-electron chi connectivity index (χ0n) is 11.7. The van der Waals surface area contributed by atoms with Crippen molar-refractivity contribution in [2.45, 2.75) is 13.0 Å². The van der Waals surface area contributed by atoms with Gasteiger partial charge in [-0.05, 0) is 31.2 Å². The second-order valence-electron chi connectivity index (χ2n) is 4.60. The fraction of sp³-hybridized carbons (Fsp3) is 0.250. The zero-order chi connectivity index (χ0) is 14.7. The average molecular weight is 310 g/mol. The minimum absolute atomic E-state index is 0.318. The van der Waals surface area contributed by atoms with Crippen LogP contribution in [0.3, 0.4) is 0 Å². The van der Waals surface area contributed by atoms with E-state index < -0.39 is 0 Å². The zero-order valence-corrected chi connectivity index (χ0v) is 13.2. The van der Waals surface area contributed by atoms with Crippen LogP contribution in [0.4, 0.5) is 0 Å². The van der Waals surface area contributed by atoms with Gasteiger partial charge in [0.2, 0.25) is 0 Å². The van der Waals surface area contributed by atoms with Gasteiger partial charge in [-0.3, -0.25) is 0 Å². The summed E-state index contributed by atoms with van der Waals surface area (Å²) in [5.41, 5.74) is 3.17. The predicted octanol–water partition coefficient (Wildman–Crippen LogP) is 4.95. The summed E-state index contributed by atoms with van der Waals surface area (Å²) in [5.74, 6) is 0.584. The molecule has 0 aromatic heterocycles. The molecule has 0 spiro atoms. The molecular weight excluding hydrogens is 293 g/mol. The van der Waals surface area contributed by atoms with Gasteiger partial charge in [0, 0.05) is 17.7 Å². The van der Waals surface area contributed by atoms with Crippen LogP contribution in [0, 0.1) is 0 Å². The predicted molar refractivity (Wildman–Crippen MR) is 85.9 cm³/mol. The first-order valence-electron chi connectivity index (χ1n) is 6.37. The number of hydrogen-bond donors (Lipinski definition) is 1. The third kappa shape index (κ3) is 3.09. The average Bonchev–Trinajstić information content (AvgIpc) is 2.48. The van der Waals surface area contributed by atoms with Crippen molar-refractivity contribution in [3.63, 3.8) is 0 Å². The number of rotatable bonds is 4. The van der Waals surface area contributed by atoms with E-state index in [9.17, 15) is 0 Å². The molecule has 106 valence electrons. The highest BCUT2D eigenvalue weighted by Gasteiger charge is 2.10. The van der Waals surface area contributed by atoms with Crippen molar-refractivity contribution in [2.24, 2.45) is 0 Å². The summed E-state index contributed by atoms with van der Waals surface area (Å²) in [7, 11) is 3.52. The van der Waals surface area contributed by atoms with E-state index in [1.54, 1.807) is 13.2 Å². The molecule has 1 N–H and O–H groups in total. The first kappa shape index (κ1) is 15.2. The van der Waals surface area contributed by atoms with Crippen LogP contribution in [-0.4, -0.2) is 14.2 Å². The van der Waals surface area contributed by atoms with Gasteiger partial charge in [-0.25, -0.2) is 0 Å². The van der Waals surface area contributed by atoms with Gasteiger partial charge in [-0.15, -0.1) is 0 Å². The molecule has 0 radical (unpaired) electrons. The Kier molecular flexibility index (Phi) is 4.92. The first-order chi connectivity index (χ1) is 9.56. The van der Waals surface area contributed by atoms with Crippen LogP contribution in [0.1, 0.15) is 18.5 Å². The van der Waals surface area contributed by atoms with Gasteiger partial charge in [-0.2, -0.15) is 0 Å². The van der Waals surface area contributed by atoms with Crippen LogP contribution in [0.2, 0.25) is 10.0 Å². The molecule has 0 amide bonds. The minimum Gasteiger partial charge on any atom is -0.495 e. The molecule has 0 aliphatic rings. The highest BCUT2D eigenvalue weighted by Crippen LogP contribution is 2.36. The van der Waals surface area contributed by atoms with Crippen molar-refractivity contribution in [2.75, 3.05) is 14.2 Å². The Bertz CT molecular complexity index is 596. The van der Waals surface area contributed by atoms with E-state index in [0.717, 1.165) is 11.1 Å². The third-order valence-electron chi connectivity index (χ3n) is 3.40. The fourth-order valence-corrected chi connectivity index (χ4v) is 2.53. The molecule has 0 bridgehead atoms. The number of halogens is 2. The molecule has 0 aliphatic heterocycles. The van der Waals surface area contributed by atoms with Gasteiger partial charge < -0.3 is 10.1 Å². The summed E-state index contributed by atoms with van der Waals surface area (Å²) in [6.45, 7) is 2.12. The van der Waals surface area contributed by atoms with E-state index in [-0.39, 0.29) is 0 Å². The monoisotopic (exact) mass is 309 g/mol. The molecule has 0 fully saturated rings. The summed E-state index contributed by atoms with van der Waals surface area (Å²) < 4.78 is 5.16. The normalized spacial score (nSPS) is 12.2. The third-order valence-corrected chi connectivity index (χ3v) is 4.00. The molecule has 2 aromatic carbocycles. The fourth-order valence-electron chi connectivity index (χ4n) is 2.02. The van der Waals surface area contributed by atoms with Crippen LogP contribution in [0.5, 0.6) is 5.75 Å². The van der Waals surface area contributed by atoms with Crippen LogP contribution in [0.15, 0.2) is 36.4 Å². The number of benzene rings is 2. The number of nitrogens with one attached hydrogen (secondary N) is 1. The Balaban J connectivity index is 2.39. The maximum Gasteiger partial charge on any atom is 0.138 e. The van der Waals surface area contributed by atoms with Gasteiger partial charge in [0.05, 0.1) is 17.2 Å². The van der Waals surface area contributed by atoms with E-state index in [0.29, 0.717) is 21.8 Å². The van der Waals surface area contributed by atoms with E-state index in [1.165, 1.54) is 5.56 Å². The molecule has 2 nitrogen and oxygen atoms in total. The Labute approximate surface area is 129 Å². The van der Waals surface area contributed by atoms with Crippen molar-refractivity contribution in [1.29, 1.82) is 0 Å². The molecule has 4 heteroatoms. The van der Waals surface area contributed by atoms with Gasteiger partial charge in [0.15, 0.2) is 0 Å². The van der Waals surface area contributed by atoms with Gasteiger partial charge in [0.25, 0.3) is 0 Å². The molecule has 0 saturated carbocycles. The lowest BCUT2D eigenvalue weighted by molar-refractivity contribution is 0.415. The molecule has 2 rings (SSSR count). The smallest absolute Gasteiger partial charge is 0.138 e. The Morgan fingerprint density at radius 3 is 2.25 bits per heavy atom. The highest BCUT2D eigenvalue weighted by molar-refractivity contribution is 6.36. The minimum atomic E-state index is 0.318. The number of hydrogen-bond acceptors (Lipinski definition) is 2. The second kappa shape index (κ2) is 6.49. The van der Waals surface area contributed by atoms with Crippen LogP contribution < -0.4 is 10.1 Å². The second-order valence-corrected chi connectivity index (χ2v) is 5.41. The molecule has 1 atom stereocenters. The number of methoxy groups -OCH3 is 1. The quantitative estimate of drug-likeness (QED) is 0.863. The van der Waals surface area contributed by atoms with Crippen LogP contribution in [0.25, 0.3) is 11.1 Å². The maximum absolute atomic E-state index is 6.29. The molecule has 0 heterocycles. The van der Waals surface area contributed by atoms with E-state index in [1.807, 2.05) is 25.2 Å². The van der Waals surface area contributed by atoms with Crippen LogP contribution >= 0.6 is 23.2 Å². The summed E-state index contributed by atoms with van der Waals surface area (Å²) >= 11 is 12.5. The lowest BCUT2D eigenvalue weighted by Gasteiger charge is -2.13. The maximum atomic E-state index is 6.29. The molecule has 0 saturated heterocycles. The standard InChI is InChI=1S/C16H17Cl2NO/c1-10(19-2)11-4-6-12(7-5-11)13-8-15(18)16(20-3)9-14(13)17/h4-10,19H,1-3H3. The largest absolute Gasteiger partial charge is 0.495 e. The van der Waals surface area contributed by atoms with Crippen molar-refractivity contribution in [1.82, 2.24) is 5.32 Å². The molecular formula is C16H17Cl2NO. The SMILES string of the molecule is CNC(C)c1ccc(-c2cc(Cl)c(OC)cc2Cl)cc1. The molecule has 2 aromatic rings. The lowest BCUT2D eigenvalue weighted by atomic mass is 10.0. The van der Waals surface area contributed by atoms with Gasteiger partial charge in [-0.1, -0.05) is 47.5 Å². The molecule has 1 unspecified atom stereocenters. The Morgan fingerprint density at radius 1 is 1.05 bits per heavy atom. The van der Waals surface area contributed by atoms with E-state index in [4.69, 9.17) is 27.9 Å². The van der Waals surface area contributed by atoms with Gasteiger partial charge in [0.1, 0.15) is 5.75 Å². The van der Waals surface area contributed by atoms with Crippen molar-refractivity contribution in [3.8, 4) is 16.9 Å². The first-order valence-corrected chi connectivity index (χ1v) is 7.13. The summed E-state index contributed by atoms with van der Waals surface area (Å²) in [6.07, 6.45) is 0. The Morgan fingerprint density at radius 2 is 1.70 bits per heavy atom. The summed E-state index contributed by atoms with van der Waals surface area (Å²) in [5, 5.41) is 4.39. The van der Waals surface area contributed by atoms with Gasteiger partial charge >= 0.3 is 0 Å². The topological polar surface area (TPSA) is 21.3 Å². The molecule has 0 aliphatic carbocycles.